The molecule has 1 saturated heterocycles. The number of hydrogen-bond acceptors (Lipinski definition) is 4. The fourth-order valence-electron chi connectivity index (χ4n) is 4.41. The Labute approximate surface area is 187 Å². The summed E-state index contributed by atoms with van der Waals surface area (Å²) in [7, 11) is 0. The van der Waals surface area contributed by atoms with Crippen LogP contribution in [0, 0.1) is 5.82 Å². The fourth-order valence-corrected chi connectivity index (χ4v) is 4.41. The van der Waals surface area contributed by atoms with E-state index < -0.39 is 0 Å². The van der Waals surface area contributed by atoms with Crippen LogP contribution < -0.4 is 5.32 Å². The zero-order chi connectivity index (χ0) is 21.8. The van der Waals surface area contributed by atoms with Gasteiger partial charge >= 0.3 is 0 Å². The molecule has 0 unspecified atom stereocenters. The van der Waals surface area contributed by atoms with E-state index in [9.17, 15) is 4.39 Å². The number of halogens is 1. The molecule has 0 bridgehead atoms. The van der Waals surface area contributed by atoms with Gasteiger partial charge in [-0.25, -0.2) is 19.0 Å². The zero-order valence-corrected chi connectivity index (χ0v) is 17.9. The van der Waals surface area contributed by atoms with Crippen LogP contribution in [0.5, 0.6) is 0 Å². The van der Waals surface area contributed by atoms with Crippen molar-refractivity contribution in [1.29, 1.82) is 0 Å². The van der Waals surface area contributed by atoms with E-state index in [1.807, 2.05) is 4.68 Å². The maximum atomic E-state index is 13.4. The molecule has 4 aromatic rings. The van der Waals surface area contributed by atoms with Gasteiger partial charge in [-0.15, -0.1) is 0 Å². The fraction of sp³-hybridized carbons (Fsp3) is 0.269. The summed E-state index contributed by atoms with van der Waals surface area (Å²) in [5.74, 6) is 0.619. The molecule has 1 aliphatic heterocycles. The average molecular weight is 428 g/mol. The second kappa shape index (κ2) is 9.40. The Morgan fingerprint density at radius 3 is 2.44 bits per heavy atom. The Morgan fingerprint density at radius 1 is 0.938 bits per heavy atom. The van der Waals surface area contributed by atoms with Gasteiger partial charge < -0.3 is 5.32 Å². The van der Waals surface area contributed by atoms with E-state index in [0.717, 1.165) is 49.2 Å². The van der Waals surface area contributed by atoms with E-state index in [4.69, 9.17) is 5.10 Å². The van der Waals surface area contributed by atoms with Crippen molar-refractivity contribution < 1.29 is 4.39 Å². The van der Waals surface area contributed by atoms with Crippen molar-refractivity contribution in [3.05, 3.63) is 96.2 Å². The molecule has 1 fully saturated rings. The first-order chi connectivity index (χ1) is 15.8. The normalized spacial score (nSPS) is 18.5. The van der Waals surface area contributed by atoms with Crippen molar-refractivity contribution in [3.8, 4) is 17.2 Å². The lowest BCUT2D eigenvalue weighted by Gasteiger charge is -2.30. The van der Waals surface area contributed by atoms with Crippen LogP contribution in [0.1, 0.15) is 36.4 Å². The van der Waals surface area contributed by atoms with Gasteiger partial charge in [-0.1, -0.05) is 30.3 Å². The lowest BCUT2D eigenvalue weighted by Crippen LogP contribution is -2.38. The number of hydrogen-bond donors (Lipinski definition) is 1. The van der Waals surface area contributed by atoms with E-state index >= 15 is 0 Å². The van der Waals surface area contributed by atoms with Gasteiger partial charge in [0.1, 0.15) is 5.82 Å². The maximum Gasteiger partial charge on any atom is 0.250 e. The van der Waals surface area contributed by atoms with E-state index in [0.29, 0.717) is 17.9 Å². The quantitative estimate of drug-likeness (QED) is 0.474. The van der Waals surface area contributed by atoms with Crippen molar-refractivity contribution in [2.45, 2.75) is 37.6 Å². The molecule has 3 heterocycles. The predicted octanol–water partition coefficient (Wildman–Crippen LogP) is 4.94. The Bertz CT molecular complexity index is 1130. The van der Waals surface area contributed by atoms with Gasteiger partial charge in [0.15, 0.2) is 0 Å². The summed E-state index contributed by atoms with van der Waals surface area (Å²) in [4.78, 5) is 8.83. The molecule has 2 aromatic heterocycles. The number of aryl methyl sites for hydroxylation is 1. The number of piperidine rings is 1. The van der Waals surface area contributed by atoms with Gasteiger partial charge in [-0.2, -0.15) is 5.10 Å². The third-order valence-corrected chi connectivity index (χ3v) is 6.18. The van der Waals surface area contributed by atoms with Crippen LogP contribution >= 0.6 is 0 Å². The van der Waals surface area contributed by atoms with Crippen LogP contribution in [0.15, 0.2) is 79.1 Å². The predicted molar refractivity (Wildman–Crippen MR) is 123 cm³/mol. The lowest BCUT2D eigenvalue weighted by molar-refractivity contribution is 0.344. The zero-order valence-electron chi connectivity index (χ0n) is 17.9. The second-order valence-electron chi connectivity index (χ2n) is 8.33. The summed E-state index contributed by atoms with van der Waals surface area (Å²) < 4.78 is 15.2. The molecule has 0 spiro atoms. The van der Waals surface area contributed by atoms with E-state index in [2.05, 4.69) is 51.7 Å². The summed E-state index contributed by atoms with van der Waals surface area (Å²) >= 11 is 0. The summed E-state index contributed by atoms with van der Waals surface area (Å²) in [5, 5.41) is 8.53. The van der Waals surface area contributed by atoms with Crippen LogP contribution in [-0.2, 0) is 6.42 Å². The summed E-state index contributed by atoms with van der Waals surface area (Å²) in [6.07, 6.45) is 7.87. The van der Waals surface area contributed by atoms with Gasteiger partial charge in [0.05, 0.1) is 11.4 Å². The van der Waals surface area contributed by atoms with Gasteiger partial charge in [0, 0.05) is 36.5 Å². The number of aromatic nitrogens is 4. The average Bonchev–Trinajstić information content (AvgIpc) is 3.30. The molecule has 0 amide bonds. The first-order valence-electron chi connectivity index (χ1n) is 11.2. The second-order valence-corrected chi connectivity index (χ2v) is 8.33. The van der Waals surface area contributed by atoms with E-state index in [-0.39, 0.29) is 5.82 Å². The summed E-state index contributed by atoms with van der Waals surface area (Å²) in [6, 6.07) is 21.5. The van der Waals surface area contributed by atoms with Crippen LogP contribution in [0.3, 0.4) is 0 Å². The van der Waals surface area contributed by atoms with E-state index in [1.54, 1.807) is 30.6 Å². The molecule has 0 aliphatic carbocycles. The number of benzene rings is 2. The van der Waals surface area contributed by atoms with Gasteiger partial charge in [0.2, 0.25) is 0 Å². The molecule has 2 atom stereocenters. The molecule has 1 N–H and O–H groups in total. The molecular weight excluding hydrogens is 401 g/mol. The largest absolute Gasteiger partial charge is 0.313 e. The molecule has 5 nitrogen and oxygen atoms in total. The minimum absolute atomic E-state index is 0.252. The number of rotatable bonds is 6. The molecule has 0 radical (unpaired) electrons. The van der Waals surface area contributed by atoms with Gasteiger partial charge in [0.25, 0.3) is 5.95 Å². The third kappa shape index (κ3) is 4.60. The van der Waals surface area contributed by atoms with Crippen LogP contribution in [-0.4, -0.2) is 32.3 Å². The van der Waals surface area contributed by atoms with Gasteiger partial charge in [-0.05, 0) is 67.6 Å². The summed E-state index contributed by atoms with van der Waals surface area (Å²) in [5.41, 5.74) is 4.16. The summed E-state index contributed by atoms with van der Waals surface area (Å²) in [6.45, 7) is 0.890. The molecule has 0 saturated carbocycles. The molecule has 6 heteroatoms. The Balaban J connectivity index is 1.34. The third-order valence-electron chi connectivity index (χ3n) is 6.18. The van der Waals surface area contributed by atoms with Crippen LogP contribution in [0.2, 0.25) is 0 Å². The van der Waals surface area contributed by atoms with Crippen molar-refractivity contribution >= 4 is 0 Å². The monoisotopic (exact) mass is 427 g/mol. The Kier molecular flexibility index (Phi) is 6.03. The number of nitrogens with zero attached hydrogens (tertiary/aromatic N) is 4. The smallest absolute Gasteiger partial charge is 0.250 e. The first kappa shape index (κ1) is 20.5. The minimum Gasteiger partial charge on any atom is -0.313 e. The van der Waals surface area contributed by atoms with E-state index in [1.165, 1.54) is 17.7 Å². The Hall–Kier alpha value is -3.38. The molecule has 5 rings (SSSR count). The minimum atomic E-state index is -0.252. The topological polar surface area (TPSA) is 55.6 Å². The molecule has 1 aliphatic rings. The van der Waals surface area contributed by atoms with Crippen LogP contribution in [0.25, 0.3) is 17.2 Å². The molecule has 162 valence electrons. The van der Waals surface area contributed by atoms with Gasteiger partial charge in [-0.3, -0.25) is 0 Å². The lowest BCUT2D eigenvalue weighted by atomic mass is 9.89. The van der Waals surface area contributed by atoms with Crippen molar-refractivity contribution in [1.82, 2.24) is 25.1 Å². The standard InChI is InChI=1S/C26H26FN5/c27-22-11-8-20(9-12-22)24-17-25(32(31-24)26-28-15-4-16-29-26)21-10-14-23(30-18-21)13-7-19-5-2-1-3-6-19/h1-6,8-9,11-12,15-17,21,23,30H,7,10,13-14,18H2/t21-,23+/m1/s1. The van der Waals surface area contributed by atoms with Crippen molar-refractivity contribution in [2.75, 3.05) is 6.54 Å². The molecule has 2 aromatic carbocycles. The number of nitrogens with one attached hydrogen (secondary N) is 1. The SMILES string of the molecule is Fc1ccc(-c2cc([C@@H]3CC[C@H](CCc4ccccc4)NC3)n(-c3ncccn3)n2)cc1. The van der Waals surface area contributed by atoms with Crippen LogP contribution in [0.4, 0.5) is 4.39 Å². The Morgan fingerprint density at radius 2 is 1.72 bits per heavy atom. The highest BCUT2D eigenvalue weighted by atomic mass is 19.1. The highest BCUT2D eigenvalue weighted by Crippen LogP contribution is 2.31. The maximum absolute atomic E-state index is 13.4. The first-order valence-corrected chi connectivity index (χ1v) is 11.2. The highest BCUT2D eigenvalue weighted by molar-refractivity contribution is 5.60. The van der Waals surface area contributed by atoms with Crippen molar-refractivity contribution in [3.63, 3.8) is 0 Å². The molecular formula is C26H26FN5. The van der Waals surface area contributed by atoms with Crippen molar-refractivity contribution in [2.24, 2.45) is 0 Å². The highest BCUT2D eigenvalue weighted by Gasteiger charge is 2.26. The molecule has 32 heavy (non-hydrogen) atoms.